The first-order valence-electron chi connectivity index (χ1n) is 9.28. The Labute approximate surface area is 160 Å². The molecule has 1 aromatic carbocycles. The van der Waals surface area contributed by atoms with Gasteiger partial charge in [0.1, 0.15) is 11.6 Å². The lowest BCUT2D eigenvalue weighted by Gasteiger charge is -2.34. The second-order valence-electron chi connectivity index (χ2n) is 7.20. The number of fused-ring (bicyclic) bond motifs is 1. The number of alkyl halides is 3. The number of morpholine rings is 1. The monoisotopic (exact) mass is 397 g/mol. The number of halogens is 3. The lowest BCUT2D eigenvalue weighted by atomic mass is 10.1. The smallest absolute Gasteiger partial charge is 0.406 e. The Morgan fingerprint density at radius 2 is 1.96 bits per heavy atom. The van der Waals surface area contributed by atoms with Crippen LogP contribution in [0.2, 0.25) is 0 Å². The van der Waals surface area contributed by atoms with Crippen LogP contribution >= 0.6 is 0 Å². The lowest BCUT2D eigenvalue weighted by Crippen LogP contribution is -2.46. The summed E-state index contributed by atoms with van der Waals surface area (Å²) in [5.74, 6) is 0.468. The molecule has 28 heavy (non-hydrogen) atoms. The Hall–Kier alpha value is -2.10. The zero-order valence-corrected chi connectivity index (χ0v) is 15.2. The number of imidazole rings is 1. The van der Waals surface area contributed by atoms with Gasteiger partial charge in [0.05, 0.1) is 12.7 Å². The van der Waals surface area contributed by atoms with Gasteiger partial charge in [-0.15, -0.1) is 13.2 Å². The molecule has 1 aromatic heterocycles. The summed E-state index contributed by atoms with van der Waals surface area (Å²) in [4.78, 5) is 6.80. The summed E-state index contributed by atoms with van der Waals surface area (Å²) in [6, 6.07) is 6.31. The van der Waals surface area contributed by atoms with Gasteiger partial charge in [0.2, 0.25) is 0 Å². The number of hydrogen-bond acceptors (Lipinski definition) is 5. The molecule has 2 aliphatic heterocycles. The molecule has 0 amide bonds. The minimum atomic E-state index is -4.70. The molecular weight excluding hydrogens is 375 g/mol. The number of aliphatic hydroxyl groups is 1. The normalized spacial score (nSPS) is 25.6. The third-order valence-electron chi connectivity index (χ3n) is 5.33. The first-order valence-corrected chi connectivity index (χ1v) is 9.28. The number of rotatable bonds is 5. The maximum absolute atomic E-state index is 12.3. The average Bonchev–Trinajstić information content (AvgIpc) is 3.27. The SMILES string of the molecule is OCC[C@H]1CN2C[C@@H](n3ccnc3-c3ccc(OC(F)(F)F)cc3)C[C@H]2CO1. The van der Waals surface area contributed by atoms with Gasteiger partial charge in [-0.2, -0.15) is 0 Å². The molecule has 2 fully saturated rings. The highest BCUT2D eigenvalue weighted by Crippen LogP contribution is 2.34. The number of aliphatic hydroxyl groups excluding tert-OH is 1. The van der Waals surface area contributed by atoms with Gasteiger partial charge in [0.15, 0.2) is 0 Å². The standard InChI is InChI=1S/C19H22F3N3O3/c20-19(21,22)28-16-3-1-13(2-4-16)18-23-6-7-25(18)14-9-15-12-27-17(5-8-26)11-24(15)10-14/h1-4,6-7,14-15,17,26H,5,8-12H2/t14-,15-,17-/m0/s1. The fourth-order valence-corrected chi connectivity index (χ4v) is 4.07. The summed E-state index contributed by atoms with van der Waals surface area (Å²) >= 11 is 0. The number of nitrogens with zero attached hydrogens (tertiary/aromatic N) is 3. The molecule has 0 unspecified atom stereocenters. The molecule has 2 aromatic rings. The third-order valence-corrected chi connectivity index (χ3v) is 5.33. The second kappa shape index (κ2) is 7.73. The summed E-state index contributed by atoms with van der Waals surface area (Å²) in [5, 5.41) is 9.12. The molecule has 3 atom stereocenters. The van der Waals surface area contributed by atoms with Crippen LogP contribution in [0.15, 0.2) is 36.7 Å². The highest BCUT2D eigenvalue weighted by atomic mass is 19.4. The van der Waals surface area contributed by atoms with Gasteiger partial charge in [0, 0.05) is 49.7 Å². The van der Waals surface area contributed by atoms with E-state index in [1.165, 1.54) is 12.1 Å². The van der Waals surface area contributed by atoms with E-state index in [0.29, 0.717) is 19.1 Å². The molecule has 0 spiro atoms. The van der Waals surface area contributed by atoms with Crippen LogP contribution in [-0.4, -0.2) is 64.4 Å². The maximum Gasteiger partial charge on any atom is 0.573 e. The van der Waals surface area contributed by atoms with Gasteiger partial charge < -0.3 is 19.1 Å². The van der Waals surface area contributed by atoms with Gasteiger partial charge in [0.25, 0.3) is 0 Å². The van der Waals surface area contributed by atoms with Gasteiger partial charge in [-0.05, 0) is 37.1 Å². The van der Waals surface area contributed by atoms with E-state index in [0.717, 1.165) is 30.9 Å². The van der Waals surface area contributed by atoms with E-state index < -0.39 is 6.36 Å². The molecule has 0 bridgehead atoms. The molecule has 0 aliphatic carbocycles. The highest BCUT2D eigenvalue weighted by Gasteiger charge is 2.38. The van der Waals surface area contributed by atoms with E-state index >= 15 is 0 Å². The highest BCUT2D eigenvalue weighted by molar-refractivity contribution is 5.57. The van der Waals surface area contributed by atoms with Crippen molar-refractivity contribution in [2.75, 3.05) is 26.3 Å². The van der Waals surface area contributed by atoms with Gasteiger partial charge in [-0.1, -0.05) is 0 Å². The van der Waals surface area contributed by atoms with Crippen LogP contribution in [0.25, 0.3) is 11.4 Å². The van der Waals surface area contributed by atoms with Crippen molar-refractivity contribution in [1.82, 2.24) is 14.5 Å². The number of benzene rings is 1. The summed E-state index contributed by atoms with van der Waals surface area (Å²) in [7, 11) is 0. The van der Waals surface area contributed by atoms with Crippen LogP contribution in [0.1, 0.15) is 18.9 Å². The summed E-state index contributed by atoms with van der Waals surface area (Å²) < 4.78 is 48.9. The predicted molar refractivity (Wildman–Crippen MR) is 94.8 cm³/mol. The van der Waals surface area contributed by atoms with Crippen LogP contribution in [0, 0.1) is 0 Å². The van der Waals surface area contributed by atoms with Gasteiger partial charge in [-0.3, -0.25) is 4.90 Å². The van der Waals surface area contributed by atoms with Crippen LogP contribution in [0.5, 0.6) is 5.75 Å². The van der Waals surface area contributed by atoms with Crippen molar-refractivity contribution < 1.29 is 27.8 Å². The van der Waals surface area contributed by atoms with Crippen LogP contribution in [0.4, 0.5) is 13.2 Å². The Morgan fingerprint density at radius 1 is 1.18 bits per heavy atom. The fraction of sp³-hybridized carbons (Fsp3) is 0.526. The van der Waals surface area contributed by atoms with Gasteiger partial charge in [-0.25, -0.2) is 4.98 Å². The van der Waals surface area contributed by atoms with Crippen LogP contribution in [0.3, 0.4) is 0 Å². The maximum atomic E-state index is 12.3. The van der Waals surface area contributed by atoms with Crippen molar-refractivity contribution in [2.24, 2.45) is 0 Å². The molecule has 0 saturated carbocycles. The first-order chi connectivity index (χ1) is 13.4. The van der Waals surface area contributed by atoms with Crippen molar-refractivity contribution in [2.45, 2.75) is 37.4 Å². The quantitative estimate of drug-likeness (QED) is 0.841. The fourth-order valence-electron chi connectivity index (χ4n) is 4.07. The lowest BCUT2D eigenvalue weighted by molar-refractivity contribution is -0.274. The van der Waals surface area contributed by atoms with E-state index in [-0.39, 0.29) is 24.5 Å². The zero-order valence-electron chi connectivity index (χ0n) is 15.2. The topological polar surface area (TPSA) is 59.8 Å². The molecular formula is C19H22F3N3O3. The molecule has 2 saturated heterocycles. The largest absolute Gasteiger partial charge is 0.573 e. The Morgan fingerprint density at radius 3 is 2.68 bits per heavy atom. The molecule has 4 rings (SSSR count). The molecule has 3 heterocycles. The van der Waals surface area contributed by atoms with Crippen LogP contribution in [-0.2, 0) is 4.74 Å². The predicted octanol–water partition coefficient (Wildman–Crippen LogP) is 2.85. The minimum Gasteiger partial charge on any atom is -0.406 e. The van der Waals surface area contributed by atoms with Crippen molar-refractivity contribution >= 4 is 0 Å². The van der Waals surface area contributed by atoms with Crippen LogP contribution < -0.4 is 4.74 Å². The number of ether oxygens (including phenoxy) is 2. The summed E-state index contributed by atoms with van der Waals surface area (Å²) in [6.45, 7) is 2.42. The molecule has 2 aliphatic rings. The second-order valence-corrected chi connectivity index (χ2v) is 7.20. The Kier molecular flexibility index (Phi) is 5.31. The third kappa shape index (κ3) is 4.16. The first kappa shape index (κ1) is 19.2. The van der Waals surface area contributed by atoms with Crippen molar-refractivity contribution in [3.05, 3.63) is 36.7 Å². The van der Waals surface area contributed by atoms with E-state index in [4.69, 9.17) is 9.84 Å². The zero-order chi connectivity index (χ0) is 19.7. The van der Waals surface area contributed by atoms with Crippen molar-refractivity contribution in [1.29, 1.82) is 0 Å². The Bertz CT molecular complexity index is 794. The number of hydrogen-bond donors (Lipinski definition) is 1. The van der Waals surface area contributed by atoms with E-state index in [1.54, 1.807) is 18.3 Å². The van der Waals surface area contributed by atoms with E-state index in [2.05, 4.69) is 19.2 Å². The molecule has 6 nitrogen and oxygen atoms in total. The molecule has 9 heteroatoms. The average molecular weight is 397 g/mol. The summed E-state index contributed by atoms with van der Waals surface area (Å²) in [5.41, 5.74) is 0.735. The molecule has 1 N–H and O–H groups in total. The molecule has 0 radical (unpaired) electrons. The molecule has 152 valence electrons. The van der Waals surface area contributed by atoms with E-state index in [9.17, 15) is 13.2 Å². The summed E-state index contributed by atoms with van der Waals surface area (Å²) in [6.07, 6.45) is 0.525. The minimum absolute atomic E-state index is 0.0587. The van der Waals surface area contributed by atoms with Crippen molar-refractivity contribution in [3.8, 4) is 17.1 Å². The Balaban J connectivity index is 1.48. The van der Waals surface area contributed by atoms with Crippen molar-refractivity contribution in [3.63, 3.8) is 0 Å². The van der Waals surface area contributed by atoms with Gasteiger partial charge >= 0.3 is 6.36 Å². The number of aromatic nitrogens is 2. The van der Waals surface area contributed by atoms with E-state index in [1.807, 2.05) is 6.20 Å².